The van der Waals surface area contributed by atoms with Crippen LogP contribution in [0.5, 0.6) is 6.01 Å². The van der Waals surface area contributed by atoms with Gasteiger partial charge < -0.3 is 25.0 Å². The lowest BCUT2D eigenvalue weighted by Crippen LogP contribution is -2.10. The Balaban J connectivity index is 1.99. The molecule has 10 nitrogen and oxygen atoms in total. The molecule has 0 atom stereocenters. The Labute approximate surface area is 162 Å². The number of benzene rings is 1. The van der Waals surface area contributed by atoms with E-state index in [-0.39, 0.29) is 30.3 Å². The van der Waals surface area contributed by atoms with Gasteiger partial charge in [-0.05, 0) is 33.6 Å². The van der Waals surface area contributed by atoms with Crippen LogP contribution in [0.3, 0.4) is 0 Å². The van der Waals surface area contributed by atoms with E-state index in [2.05, 4.69) is 30.9 Å². The molecule has 0 aliphatic heterocycles. The largest absolute Gasteiger partial charge is 0.461 e. The standard InChI is InChI=1S/C15H17BrN5O5P/c1-25-5-6-26-15-19-12(17)11-13(20-15)21(14(16)18-11)8-9-3-2-4-10(7-9)27(22,23)24/h2-4,7H,5-6,8H2,1H3,(H2,17,19,20)(H2,22,23,24). The third kappa shape index (κ3) is 4.45. The molecule has 12 heteroatoms. The zero-order chi connectivity index (χ0) is 19.6. The summed E-state index contributed by atoms with van der Waals surface area (Å²) in [7, 11) is -2.79. The normalized spacial score (nSPS) is 11.9. The van der Waals surface area contributed by atoms with Gasteiger partial charge in [-0.3, -0.25) is 9.13 Å². The minimum Gasteiger partial charge on any atom is -0.461 e. The SMILES string of the molecule is COCCOc1nc(N)c2nc(Br)n(Cc3cccc(P(=O)(O)O)c3)c2n1. The number of anilines is 1. The average molecular weight is 458 g/mol. The van der Waals surface area contributed by atoms with Gasteiger partial charge in [-0.2, -0.15) is 9.97 Å². The number of nitrogens with two attached hydrogens (primary N) is 1. The summed E-state index contributed by atoms with van der Waals surface area (Å²) < 4.78 is 24.0. The molecule has 3 rings (SSSR count). The van der Waals surface area contributed by atoms with E-state index in [4.69, 9.17) is 15.2 Å². The fourth-order valence-corrected chi connectivity index (χ4v) is 3.50. The summed E-state index contributed by atoms with van der Waals surface area (Å²) in [6.45, 7) is 0.902. The molecule has 1 aromatic carbocycles. The molecule has 0 unspecified atom stereocenters. The second-order valence-electron chi connectivity index (χ2n) is 5.59. The molecule has 0 fully saturated rings. The summed E-state index contributed by atoms with van der Waals surface area (Å²) in [6.07, 6.45) is 0. The molecule has 27 heavy (non-hydrogen) atoms. The molecule has 0 bridgehead atoms. The number of hydrogen-bond donors (Lipinski definition) is 3. The number of nitrogen functional groups attached to an aromatic ring is 1. The lowest BCUT2D eigenvalue weighted by atomic mass is 10.2. The van der Waals surface area contributed by atoms with Crippen molar-refractivity contribution in [2.75, 3.05) is 26.1 Å². The van der Waals surface area contributed by atoms with Crippen LogP contribution in [0.25, 0.3) is 11.2 Å². The van der Waals surface area contributed by atoms with E-state index < -0.39 is 7.60 Å². The van der Waals surface area contributed by atoms with Crippen LogP contribution < -0.4 is 15.8 Å². The molecule has 0 saturated carbocycles. The van der Waals surface area contributed by atoms with Gasteiger partial charge in [0.05, 0.1) is 18.5 Å². The number of nitrogens with zero attached hydrogens (tertiary/aromatic N) is 4. The Kier molecular flexibility index (Phi) is 5.78. The summed E-state index contributed by atoms with van der Waals surface area (Å²) in [6, 6.07) is 6.25. The predicted octanol–water partition coefficient (Wildman–Crippen LogP) is 1.05. The lowest BCUT2D eigenvalue weighted by molar-refractivity contribution is 0.141. The highest BCUT2D eigenvalue weighted by molar-refractivity contribution is 9.10. The molecule has 0 spiro atoms. The van der Waals surface area contributed by atoms with Gasteiger partial charge in [0.15, 0.2) is 21.7 Å². The van der Waals surface area contributed by atoms with E-state index in [1.54, 1.807) is 23.8 Å². The Bertz CT molecular complexity index is 1020. The maximum atomic E-state index is 11.5. The highest BCUT2D eigenvalue weighted by Gasteiger charge is 2.19. The molecule has 2 aromatic heterocycles. The fraction of sp³-hybridized carbons (Fsp3) is 0.267. The predicted molar refractivity (Wildman–Crippen MR) is 102 cm³/mol. The number of fused-ring (bicyclic) bond motifs is 1. The Morgan fingerprint density at radius 2 is 2.04 bits per heavy atom. The van der Waals surface area contributed by atoms with Crippen molar-refractivity contribution >= 4 is 45.8 Å². The molecule has 2 heterocycles. The quantitative estimate of drug-likeness (QED) is 0.269. The van der Waals surface area contributed by atoms with Gasteiger partial charge >= 0.3 is 13.6 Å². The molecule has 0 radical (unpaired) electrons. The number of aromatic nitrogens is 4. The van der Waals surface area contributed by atoms with Gasteiger partial charge in [0.2, 0.25) is 0 Å². The van der Waals surface area contributed by atoms with Gasteiger partial charge in [0, 0.05) is 7.11 Å². The van der Waals surface area contributed by atoms with E-state index in [0.29, 0.717) is 28.1 Å². The topological polar surface area (TPSA) is 146 Å². The molecule has 0 amide bonds. The van der Waals surface area contributed by atoms with Gasteiger partial charge in [-0.1, -0.05) is 12.1 Å². The molecular formula is C15H17BrN5O5P. The number of halogens is 1. The first-order valence-corrected chi connectivity index (χ1v) is 10.2. The molecular weight excluding hydrogens is 441 g/mol. The van der Waals surface area contributed by atoms with Crippen molar-refractivity contribution in [3.05, 3.63) is 34.6 Å². The molecule has 0 saturated heterocycles. The smallest absolute Gasteiger partial charge is 0.356 e. The highest BCUT2D eigenvalue weighted by atomic mass is 79.9. The van der Waals surface area contributed by atoms with Crippen LogP contribution in [0.4, 0.5) is 5.82 Å². The minimum atomic E-state index is -4.34. The van der Waals surface area contributed by atoms with Crippen LogP contribution in [-0.2, 0) is 15.8 Å². The second-order valence-corrected chi connectivity index (χ2v) is 7.90. The maximum Gasteiger partial charge on any atom is 0.356 e. The van der Waals surface area contributed by atoms with E-state index in [1.165, 1.54) is 12.1 Å². The van der Waals surface area contributed by atoms with E-state index in [9.17, 15) is 14.4 Å². The van der Waals surface area contributed by atoms with Crippen LogP contribution in [-0.4, -0.2) is 49.6 Å². The van der Waals surface area contributed by atoms with Gasteiger partial charge in [0.25, 0.3) is 0 Å². The molecule has 0 aliphatic rings. The summed E-state index contributed by atoms with van der Waals surface area (Å²) in [5, 5.41) is -0.0572. The van der Waals surface area contributed by atoms with Crippen molar-refractivity contribution in [3.63, 3.8) is 0 Å². The zero-order valence-electron chi connectivity index (χ0n) is 14.2. The summed E-state index contributed by atoms with van der Waals surface area (Å²) >= 11 is 3.36. The third-order valence-electron chi connectivity index (χ3n) is 3.66. The maximum absolute atomic E-state index is 11.5. The average Bonchev–Trinajstić information content (AvgIpc) is 2.91. The number of rotatable bonds is 7. The number of ether oxygens (including phenoxy) is 2. The molecule has 144 valence electrons. The Morgan fingerprint density at radius 3 is 2.74 bits per heavy atom. The first kappa shape index (κ1) is 19.7. The van der Waals surface area contributed by atoms with Crippen LogP contribution >= 0.6 is 23.5 Å². The Morgan fingerprint density at radius 1 is 1.26 bits per heavy atom. The zero-order valence-corrected chi connectivity index (χ0v) is 16.7. The van der Waals surface area contributed by atoms with E-state index in [1.807, 2.05) is 0 Å². The van der Waals surface area contributed by atoms with Gasteiger partial charge in [-0.25, -0.2) is 4.98 Å². The van der Waals surface area contributed by atoms with Crippen molar-refractivity contribution in [3.8, 4) is 6.01 Å². The van der Waals surface area contributed by atoms with Crippen LogP contribution in [0.1, 0.15) is 5.56 Å². The second kappa shape index (κ2) is 7.91. The van der Waals surface area contributed by atoms with Crippen molar-refractivity contribution in [1.29, 1.82) is 0 Å². The van der Waals surface area contributed by atoms with Gasteiger partial charge in [0.1, 0.15) is 6.61 Å². The number of methoxy groups -OCH3 is 1. The van der Waals surface area contributed by atoms with Crippen LogP contribution in [0, 0.1) is 0 Å². The Hall–Kier alpha value is -2.04. The monoisotopic (exact) mass is 457 g/mol. The third-order valence-corrected chi connectivity index (χ3v) is 5.22. The number of hydrogen-bond acceptors (Lipinski definition) is 7. The van der Waals surface area contributed by atoms with Crippen LogP contribution in [0.2, 0.25) is 0 Å². The first-order chi connectivity index (χ1) is 12.8. The van der Waals surface area contributed by atoms with E-state index in [0.717, 1.165) is 0 Å². The van der Waals surface area contributed by atoms with Crippen LogP contribution in [0.15, 0.2) is 29.0 Å². The minimum absolute atomic E-state index is 0.0572. The lowest BCUT2D eigenvalue weighted by Gasteiger charge is -2.10. The van der Waals surface area contributed by atoms with E-state index >= 15 is 0 Å². The molecule has 3 aromatic rings. The van der Waals surface area contributed by atoms with Crippen molar-refractivity contribution in [2.24, 2.45) is 0 Å². The summed E-state index contributed by atoms with van der Waals surface area (Å²) in [4.78, 5) is 31.4. The van der Waals surface area contributed by atoms with Crippen molar-refractivity contribution < 1.29 is 23.8 Å². The summed E-state index contributed by atoms with van der Waals surface area (Å²) in [5.41, 5.74) is 7.45. The number of imidazole rings is 1. The van der Waals surface area contributed by atoms with Crippen molar-refractivity contribution in [2.45, 2.75) is 6.54 Å². The van der Waals surface area contributed by atoms with Crippen molar-refractivity contribution in [1.82, 2.24) is 19.5 Å². The molecule has 4 N–H and O–H groups in total. The highest BCUT2D eigenvalue weighted by Crippen LogP contribution is 2.33. The fourth-order valence-electron chi connectivity index (χ4n) is 2.41. The summed E-state index contributed by atoms with van der Waals surface area (Å²) in [5.74, 6) is 0.163. The molecule has 0 aliphatic carbocycles. The first-order valence-electron chi connectivity index (χ1n) is 7.75. The van der Waals surface area contributed by atoms with Gasteiger partial charge in [-0.15, -0.1) is 0 Å².